The van der Waals surface area contributed by atoms with Crippen molar-refractivity contribution in [3.05, 3.63) is 24.0 Å². The number of aromatic nitrogens is 1. The summed E-state index contributed by atoms with van der Waals surface area (Å²) in [7, 11) is 0. The largest absolute Gasteiger partial charge is 0.367 e. The van der Waals surface area contributed by atoms with Crippen LogP contribution in [0.15, 0.2) is 18.5 Å². The Hall–Kier alpha value is -0.800. The first-order chi connectivity index (χ1) is 6.33. The van der Waals surface area contributed by atoms with E-state index in [1.807, 2.05) is 12.4 Å². The summed E-state index contributed by atoms with van der Waals surface area (Å²) >= 11 is 0. The van der Waals surface area contributed by atoms with Gasteiger partial charge in [-0.15, -0.1) is 0 Å². The fourth-order valence-electron chi connectivity index (χ4n) is 1.18. The minimum absolute atomic E-state index is 0.575. The molecule has 0 spiro atoms. The normalized spacial score (nSPS) is 13.1. The molecule has 0 radical (unpaired) electrons. The summed E-state index contributed by atoms with van der Waals surface area (Å²) in [5.41, 5.74) is 6.86. The molecule has 13 heavy (non-hydrogen) atoms. The molecule has 0 amide bonds. The first kappa shape index (κ1) is 10.3. The highest BCUT2D eigenvalue weighted by molar-refractivity contribution is 5.08. The molecular weight excluding hydrogens is 162 g/mol. The van der Waals surface area contributed by atoms with E-state index in [0.717, 1.165) is 26.1 Å². The van der Waals surface area contributed by atoms with Crippen LogP contribution in [0.25, 0.3) is 0 Å². The molecule has 3 heteroatoms. The van der Waals surface area contributed by atoms with Crippen molar-refractivity contribution < 1.29 is 0 Å². The van der Waals surface area contributed by atoms with Crippen molar-refractivity contribution >= 4 is 0 Å². The summed E-state index contributed by atoms with van der Waals surface area (Å²) in [4.78, 5) is 3.04. The third kappa shape index (κ3) is 4.10. The molecule has 0 bridgehead atoms. The van der Waals surface area contributed by atoms with E-state index in [-0.39, 0.29) is 0 Å². The molecule has 4 N–H and O–H groups in total. The SMILES string of the molecule is CC(CN)CNCCc1cc[nH]c1. The summed E-state index contributed by atoms with van der Waals surface area (Å²) < 4.78 is 0. The lowest BCUT2D eigenvalue weighted by Crippen LogP contribution is -2.27. The molecule has 0 aromatic carbocycles. The molecule has 0 aliphatic carbocycles. The van der Waals surface area contributed by atoms with Crippen molar-refractivity contribution in [2.75, 3.05) is 19.6 Å². The van der Waals surface area contributed by atoms with Gasteiger partial charge >= 0.3 is 0 Å². The van der Waals surface area contributed by atoms with Crippen LogP contribution in [0.5, 0.6) is 0 Å². The maximum absolute atomic E-state index is 5.50. The van der Waals surface area contributed by atoms with Gasteiger partial charge in [-0.05, 0) is 43.6 Å². The van der Waals surface area contributed by atoms with Crippen molar-refractivity contribution in [1.82, 2.24) is 10.3 Å². The van der Waals surface area contributed by atoms with Gasteiger partial charge in [-0.25, -0.2) is 0 Å². The monoisotopic (exact) mass is 181 g/mol. The summed E-state index contributed by atoms with van der Waals surface area (Å²) in [6, 6.07) is 2.11. The molecule has 1 heterocycles. The maximum Gasteiger partial charge on any atom is 0.00378 e. The highest BCUT2D eigenvalue weighted by Gasteiger charge is 1.97. The highest BCUT2D eigenvalue weighted by atomic mass is 14.9. The Kier molecular flexibility index (Phi) is 4.57. The van der Waals surface area contributed by atoms with Gasteiger partial charge in [-0.3, -0.25) is 0 Å². The standard InChI is InChI=1S/C10H19N3/c1-9(6-11)7-12-4-2-10-3-5-13-8-10/h3,5,8-9,12-13H,2,4,6-7,11H2,1H3. The van der Waals surface area contributed by atoms with E-state index in [9.17, 15) is 0 Å². The second kappa shape index (κ2) is 5.78. The number of hydrogen-bond donors (Lipinski definition) is 3. The third-order valence-electron chi connectivity index (χ3n) is 2.15. The Morgan fingerprint density at radius 3 is 3.08 bits per heavy atom. The lowest BCUT2D eigenvalue weighted by molar-refractivity contribution is 0.524. The van der Waals surface area contributed by atoms with Gasteiger partial charge in [0.2, 0.25) is 0 Å². The second-order valence-corrected chi connectivity index (χ2v) is 3.51. The molecule has 1 unspecified atom stereocenters. The van der Waals surface area contributed by atoms with Gasteiger partial charge in [0.1, 0.15) is 0 Å². The number of nitrogens with two attached hydrogens (primary N) is 1. The molecule has 3 nitrogen and oxygen atoms in total. The summed E-state index contributed by atoms with van der Waals surface area (Å²) in [5, 5.41) is 3.38. The van der Waals surface area contributed by atoms with Gasteiger partial charge < -0.3 is 16.0 Å². The molecular formula is C10H19N3. The van der Waals surface area contributed by atoms with E-state index in [1.54, 1.807) is 0 Å². The molecule has 0 aliphatic heterocycles. The number of aromatic amines is 1. The fraction of sp³-hybridized carbons (Fsp3) is 0.600. The van der Waals surface area contributed by atoms with Crippen molar-refractivity contribution in [3.63, 3.8) is 0 Å². The van der Waals surface area contributed by atoms with E-state index in [2.05, 4.69) is 23.3 Å². The van der Waals surface area contributed by atoms with Crippen LogP contribution in [0, 0.1) is 5.92 Å². The zero-order valence-electron chi connectivity index (χ0n) is 8.22. The van der Waals surface area contributed by atoms with Gasteiger partial charge in [-0.2, -0.15) is 0 Å². The number of rotatable bonds is 6. The van der Waals surface area contributed by atoms with E-state index >= 15 is 0 Å². The fourth-order valence-corrected chi connectivity index (χ4v) is 1.18. The molecule has 0 saturated heterocycles. The predicted molar refractivity (Wildman–Crippen MR) is 55.6 cm³/mol. The van der Waals surface area contributed by atoms with Crippen molar-refractivity contribution in [2.45, 2.75) is 13.3 Å². The lowest BCUT2D eigenvalue weighted by atomic mass is 10.2. The molecule has 0 saturated carbocycles. The first-order valence-electron chi connectivity index (χ1n) is 4.85. The van der Waals surface area contributed by atoms with Crippen LogP contribution in [0.3, 0.4) is 0 Å². The molecule has 1 aromatic heterocycles. The Morgan fingerprint density at radius 1 is 1.62 bits per heavy atom. The Bertz CT molecular complexity index is 206. The van der Waals surface area contributed by atoms with Crippen molar-refractivity contribution in [3.8, 4) is 0 Å². The van der Waals surface area contributed by atoms with Crippen LogP contribution in [0.4, 0.5) is 0 Å². The zero-order valence-corrected chi connectivity index (χ0v) is 8.22. The molecule has 0 fully saturated rings. The van der Waals surface area contributed by atoms with E-state index in [4.69, 9.17) is 5.73 Å². The summed E-state index contributed by atoms with van der Waals surface area (Å²) in [5.74, 6) is 0.575. The molecule has 1 rings (SSSR count). The van der Waals surface area contributed by atoms with Gasteiger partial charge in [-0.1, -0.05) is 6.92 Å². The molecule has 1 atom stereocenters. The molecule has 1 aromatic rings. The van der Waals surface area contributed by atoms with Crippen LogP contribution in [0.2, 0.25) is 0 Å². The Labute approximate surface area is 79.7 Å². The van der Waals surface area contributed by atoms with E-state index in [1.165, 1.54) is 5.56 Å². The first-order valence-corrected chi connectivity index (χ1v) is 4.85. The van der Waals surface area contributed by atoms with Crippen LogP contribution in [-0.2, 0) is 6.42 Å². The maximum atomic E-state index is 5.50. The average Bonchev–Trinajstić information content (AvgIpc) is 2.64. The average molecular weight is 181 g/mol. The van der Waals surface area contributed by atoms with Gasteiger partial charge in [0, 0.05) is 12.4 Å². The van der Waals surface area contributed by atoms with Crippen LogP contribution in [0.1, 0.15) is 12.5 Å². The third-order valence-corrected chi connectivity index (χ3v) is 2.15. The summed E-state index contributed by atoms with van der Waals surface area (Å²) in [6.45, 7) is 4.96. The van der Waals surface area contributed by atoms with Crippen molar-refractivity contribution in [1.29, 1.82) is 0 Å². The van der Waals surface area contributed by atoms with Crippen LogP contribution < -0.4 is 11.1 Å². The number of H-pyrrole nitrogens is 1. The quantitative estimate of drug-likeness (QED) is 0.567. The minimum Gasteiger partial charge on any atom is -0.367 e. The van der Waals surface area contributed by atoms with E-state index < -0.39 is 0 Å². The number of nitrogens with one attached hydrogen (secondary N) is 2. The van der Waals surface area contributed by atoms with Gasteiger partial charge in [0.05, 0.1) is 0 Å². The predicted octanol–water partition coefficient (Wildman–Crippen LogP) is 0.742. The van der Waals surface area contributed by atoms with Crippen molar-refractivity contribution in [2.24, 2.45) is 11.7 Å². The van der Waals surface area contributed by atoms with Crippen LogP contribution >= 0.6 is 0 Å². The lowest BCUT2D eigenvalue weighted by Gasteiger charge is -2.08. The highest BCUT2D eigenvalue weighted by Crippen LogP contribution is 1.96. The summed E-state index contributed by atoms with van der Waals surface area (Å²) in [6.07, 6.45) is 5.08. The van der Waals surface area contributed by atoms with Gasteiger partial charge in [0.15, 0.2) is 0 Å². The Balaban J connectivity index is 2.02. The Morgan fingerprint density at radius 2 is 2.46 bits per heavy atom. The number of hydrogen-bond acceptors (Lipinski definition) is 2. The zero-order chi connectivity index (χ0) is 9.52. The molecule has 74 valence electrons. The topological polar surface area (TPSA) is 53.8 Å². The van der Waals surface area contributed by atoms with Gasteiger partial charge in [0.25, 0.3) is 0 Å². The minimum atomic E-state index is 0.575. The van der Waals surface area contributed by atoms with E-state index in [0.29, 0.717) is 5.92 Å². The molecule has 0 aliphatic rings. The van der Waals surface area contributed by atoms with Crippen LogP contribution in [-0.4, -0.2) is 24.6 Å². The second-order valence-electron chi connectivity index (χ2n) is 3.51. The smallest absolute Gasteiger partial charge is 0.00378 e.